The van der Waals surface area contributed by atoms with E-state index in [-0.39, 0.29) is 11.2 Å². The van der Waals surface area contributed by atoms with Crippen LogP contribution in [0.3, 0.4) is 0 Å². The van der Waals surface area contributed by atoms with Gasteiger partial charge in [0.25, 0.3) is 5.56 Å². The van der Waals surface area contributed by atoms with Crippen molar-refractivity contribution in [2.45, 2.75) is 13.5 Å². The number of rotatable bonds is 4. The van der Waals surface area contributed by atoms with Gasteiger partial charge in [-0.1, -0.05) is 17.7 Å². The van der Waals surface area contributed by atoms with Gasteiger partial charge in [0.05, 0.1) is 17.0 Å². The molecular formula is C16H18ClN5O2. The maximum atomic E-state index is 12.4. The summed E-state index contributed by atoms with van der Waals surface area (Å²) in [5.41, 5.74) is 2.00. The topological polar surface area (TPSA) is 73.8 Å². The molecule has 0 fully saturated rings. The first-order valence-electron chi connectivity index (χ1n) is 7.51. The van der Waals surface area contributed by atoms with Crippen LogP contribution in [0.25, 0.3) is 11.2 Å². The maximum Gasteiger partial charge on any atom is 0.332 e. The molecule has 0 bridgehead atoms. The Kier molecular flexibility index (Phi) is 4.19. The molecule has 8 heteroatoms. The standard InChI is InChI=1S/C16H18ClN5O2/c1-10-4-5-12(11(17)8-10)18-6-7-22-9-19-14-13(22)15(23)21(3)16(24)20(14)2/h4-5,8-9,18H,6-7H2,1-3H3. The molecule has 24 heavy (non-hydrogen) atoms. The largest absolute Gasteiger partial charge is 0.382 e. The van der Waals surface area contributed by atoms with E-state index in [4.69, 9.17) is 11.6 Å². The third-order valence-electron chi connectivity index (χ3n) is 4.01. The molecule has 2 aromatic heterocycles. The highest BCUT2D eigenvalue weighted by Gasteiger charge is 2.13. The fourth-order valence-corrected chi connectivity index (χ4v) is 2.94. The van der Waals surface area contributed by atoms with E-state index in [1.807, 2.05) is 25.1 Å². The number of imidazole rings is 1. The minimum absolute atomic E-state index is 0.348. The van der Waals surface area contributed by atoms with Crippen molar-refractivity contribution in [2.75, 3.05) is 11.9 Å². The highest BCUT2D eigenvalue weighted by atomic mass is 35.5. The van der Waals surface area contributed by atoms with Crippen molar-refractivity contribution in [2.24, 2.45) is 14.1 Å². The lowest BCUT2D eigenvalue weighted by atomic mass is 10.2. The van der Waals surface area contributed by atoms with Crippen LogP contribution in [-0.2, 0) is 20.6 Å². The zero-order chi connectivity index (χ0) is 17.4. The molecule has 0 saturated carbocycles. The number of nitrogens with one attached hydrogen (secondary N) is 1. The number of hydrogen-bond acceptors (Lipinski definition) is 4. The smallest absolute Gasteiger partial charge is 0.332 e. The number of halogens is 1. The number of hydrogen-bond donors (Lipinski definition) is 1. The molecule has 0 unspecified atom stereocenters. The molecule has 0 aliphatic heterocycles. The monoisotopic (exact) mass is 347 g/mol. The number of aromatic nitrogens is 4. The zero-order valence-electron chi connectivity index (χ0n) is 13.7. The van der Waals surface area contributed by atoms with Gasteiger partial charge in [-0.25, -0.2) is 9.78 Å². The van der Waals surface area contributed by atoms with Crippen molar-refractivity contribution < 1.29 is 0 Å². The molecule has 0 aliphatic rings. The molecule has 7 nitrogen and oxygen atoms in total. The minimum Gasteiger partial charge on any atom is -0.382 e. The number of benzene rings is 1. The van der Waals surface area contributed by atoms with Gasteiger partial charge < -0.3 is 9.88 Å². The van der Waals surface area contributed by atoms with Crippen LogP contribution < -0.4 is 16.6 Å². The maximum absolute atomic E-state index is 12.4. The molecule has 0 amide bonds. The molecule has 1 aromatic carbocycles. The summed E-state index contributed by atoms with van der Waals surface area (Å²) in [7, 11) is 3.07. The fourth-order valence-electron chi connectivity index (χ4n) is 2.64. The predicted molar refractivity (Wildman–Crippen MR) is 94.9 cm³/mol. The van der Waals surface area contributed by atoms with Crippen LogP contribution in [0.15, 0.2) is 34.1 Å². The van der Waals surface area contributed by atoms with E-state index in [1.54, 1.807) is 17.9 Å². The van der Waals surface area contributed by atoms with Crippen molar-refractivity contribution in [1.82, 2.24) is 18.7 Å². The molecule has 1 N–H and O–H groups in total. The first kappa shape index (κ1) is 16.3. The summed E-state index contributed by atoms with van der Waals surface area (Å²) in [6.07, 6.45) is 1.57. The normalized spacial score (nSPS) is 11.2. The van der Waals surface area contributed by atoms with Crippen LogP contribution in [0.4, 0.5) is 5.69 Å². The summed E-state index contributed by atoms with van der Waals surface area (Å²) < 4.78 is 4.20. The fraction of sp³-hybridized carbons (Fsp3) is 0.312. The van der Waals surface area contributed by atoms with E-state index in [0.717, 1.165) is 15.8 Å². The van der Waals surface area contributed by atoms with E-state index in [2.05, 4.69) is 10.3 Å². The van der Waals surface area contributed by atoms with Crippen LogP contribution in [0, 0.1) is 6.92 Å². The Morgan fingerprint density at radius 3 is 2.67 bits per heavy atom. The average molecular weight is 348 g/mol. The number of anilines is 1. The second kappa shape index (κ2) is 6.16. The molecule has 0 spiro atoms. The van der Waals surface area contributed by atoms with Crippen LogP contribution in [0.1, 0.15) is 5.56 Å². The van der Waals surface area contributed by atoms with E-state index >= 15 is 0 Å². The Balaban J connectivity index is 1.86. The minimum atomic E-state index is -0.387. The molecule has 3 rings (SSSR count). The summed E-state index contributed by atoms with van der Waals surface area (Å²) in [5, 5.41) is 3.90. The van der Waals surface area contributed by atoms with Gasteiger partial charge in [-0.15, -0.1) is 0 Å². The van der Waals surface area contributed by atoms with E-state index in [9.17, 15) is 9.59 Å². The number of fused-ring (bicyclic) bond motifs is 1. The first-order valence-corrected chi connectivity index (χ1v) is 7.89. The first-order chi connectivity index (χ1) is 11.4. The van der Waals surface area contributed by atoms with E-state index < -0.39 is 0 Å². The Morgan fingerprint density at radius 2 is 1.96 bits per heavy atom. The Bertz CT molecular complexity index is 1030. The molecule has 2 heterocycles. The van der Waals surface area contributed by atoms with Crippen molar-refractivity contribution >= 4 is 28.5 Å². The Hall–Kier alpha value is -2.54. The quantitative estimate of drug-likeness (QED) is 0.776. The van der Waals surface area contributed by atoms with Gasteiger partial charge in [-0.05, 0) is 24.6 Å². The van der Waals surface area contributed by atoms with E-state index in [1.165, 1.54) is 11.6 Å². The highest BCUT2D eigenvalue weighted by Crippen LogP contribution is 2.22. The summed E-state index contributed by atoms with van der Waals surface area (Å²) in [4.78, 5) is 28.5. The van der Waals surface area contributed by atoms with Crippen molar-refractivity contribution in [1.29, 1.82) is 0 Å². The zero-order valence-corrected chi connectivity index (χ0v) is 14.5. The summed E-state index contributed by atoms with van der Waals surface area (Å²) >= 11 is 6.20. The summed E-state index contributed by atoms with van der Waals surface area (Å²) in [6, 6.07) is 5.79. The van der Waals surface area contributed by atoms with Gasteiger partial charge in [0.2, 0.25) is 0 Å². The van der Waals surface area contributed by atoms with Gasteiger partial charge >= 0.3 is 5.69 Å². The van der Waals surface area contributed by atoms with Gasteiger partial charge in [-0.3, -0.25) is 13.9 Å². The van der Waals surface area contributed by atoms with Crippen LogP contribution in [-0.4, -0.2) is 25.2 Å². The molecule has 0 saturated heterocycles. The van der Waals surface area contributed by atoms with Crippen LogP contribution in [0.5, 0.6) is 0 Å². The molecule has 0 aliphatic carbocycles. The Morgan fingerprint density at radius 1 is 1.21 bits per heavy atom. The van der Waals surface area contributed by atoms with Crippen molar-refractivity contribution in [3.63, 3.8) is 0 Å². The van der Waals surface area contributed by atoms with Crippen molar-refractivity contribution in [3.8, 4) is 0 Å². The second-order valence-corrected chi connectivity index (χ2v) is 6.13. The number of aryl methyl sites for hydroxylation is 2. The van der Waals surface area contributed by atoms with E-state index in [0.29, 0.717) is 29.3 Å². The average Bonchev–Trinajstić information content (AvgIpc) is 2.97. The molecule has 0 radical (unpaired) electrons. The van der Waals surface area contributed by atoms with Gasteiger partial charge in [0.15, 0.2) is 11.2 Å². The summed E-state index contributed by atoms with van der Waals surface area (Å²) in [5.74, 6) is 0. The third kappa shape index (κ3) is 2.71. The van der Waals surface area contributed by atoms with Gasteiger partial charge in [-0.2, -0.15) is 0 Å². The lowest BCUT2D eigenvalue weighted by molar-refractivity contribution is 0.695. The predicted octanol–water partition coefficient (Wildman–Crippen LogP) is 1.51. The lowest BCUT2D eigenvalue weighted by Crippen LogP contribution is -2.37. The molecule has 126 valence electrons. The SMILES string of the molecule is Cc1ccc(NCCn2cnc3c2c(=O)n(C)c(=O)n3C)c(Cl)c1. The number of nitrogens with zero attached hydrogens (tertiary/aromatic N) is 4. The van der Waals surface area contributed by atoms with Gasteiger partial charge in [0.1, 0.15) is 0 Å². The second-order valence-electron chi connectivity index (χ2n) is 5.73. The van der Waals surface area contributed by atoms with Crippen LogP contribution >= 0.6 is 11.6 Å². The van der Waals surface area contributed by atoms with Crippen molar-refractivity contribution in [3.05, 3.63) is 56.0 Å². The summed E-state index contributed by atoms with van der Waals surface area (Å²) in [6.45, 7) is 3.07. The molecule has 0 atom stereocenters. The van der Waals surface area contributed by atoms with Gasteiger partial charge in [0, 0.05) is 27.2 Å². The Labute approximate surface area is 143 Å². The van der Waals surface area contributed by atoms with Crippen LogP contribution in [0.2, 0.25) is 5.02 Å². The molecular weight excluding hydrogens is 330 g/mol. The molecule has 3 aromatic rings. The lowest BCUT2D eigenvalue weighted by Gasteiger charge is -2.10. The highest BCUT2D eigenvalue weighted by molar-refractivity contribution is 6.33. The third-order valence-corrected chi connectivity index (χ3v) is 4.32.